The van der Waals surface area contributed by atoms with Crippen molar-refractivity contribution in [2.75, 3.05) is 7.11 Å². The first-order valence-electron chi connectivity index (χ1n) is 12.1. The first-order chi connectivity index (χ1) is 15.4. The summed E-state index contributed by atoms with van der Waals surface area (Å²) in [5.74, 6) is -3.12. The third-order valence-electron chi connectivity index (χ3n) is 10.3. The number of hydrogen-bond acceptors (Lipinski definition) is 8. The molecule has 0 aromatic heterocycles. The standard InChI is InChI=1S/C26H38O8/c1-12-19(30)26(32,21(31)33-8)13(2)23(5)11-15-24(6,34-20(12)23)10-14(27)18-22(3,4)16(28)9-17(29)25(15,18)7/h13-15,17-18,27,29,32H,9-11H2,1-8H3/t13-,14+,15-,17-,18-,23-,24+,25-,26-/m1/s1. The molecule has 0 aromatic carbocycles. The van der Waals surface area contributed by atoms with E-state index in [9.17, 15) is 29.7 Å². The third-order valence-corrected chi connectivity index (χ3v) is 10.3. The summed E-state index contributed by atoms with van der Waals surface area (Å²) >= 11 is 0. The molecule has 9 atom stereocenters. The highest BCUT2D eigenvalue weighted by Crippen LogP contribution is 2.68. The van der Waals surface area contributed by atoms with Gasteiger partial charge in [0.15, 0.2) is 0 Å². The number of carbonyl (C=O) groups excluding carboxylic acids is 3. The number of methoxy groups -OCH3 is 1. The monoisotopic (exact) mass is 478 g/mol. The average molecular weight is 479 g/mol. The number of ketones is 2. The molecule has 34 heavy (non-hydrogen) atoms. The fourth-order valence-corrected chi connectivity index (χ4v) is 8.26. The van der Waals surface area contributed by atoms with E-state index >= 15 is 0 Å². The molecule has 190 valence electrons. The number of carbonyl (C=O) groups is 3. The van der Waals surface area contributed by atoms with Crippen LogP contribution in [0.2, 0.25) is 0 Å². The number of allylic oxidation sites excluding steroid dienone is 1. The van der Waals surface area contributed by atoms with Gasteiger partial charge in [-0.1, -0.05) is 34.6 Å². The summed E-state index contributed by atoms with van der Waals surface area (Å²) in [6.07, 6.45) is -1.27. The third kappa shape index (κ3) is 2.73. The van der Waals surface area contributed by atoms with Crippen LogP contribution in [0, 0.1) is 34.0 Å². The summed E-state index contributed by atoms with van der Waals surface area (Å²) < 4.78 is 11.4. The second-order valence-electron chi connectivity index (χ2n) is 12.3. The van der Waals surface area contributed by atoms with Crippen LogP contribution in [-0.4, -0.2) is 63.4 Å². The molecule has 8 heteroatoms. The van der Waals surface area contributed by atoms with E-state index in [2.05, 4.69) is 0 Å². The zero-order valence-corrected chi connectivity index (χ0v) is 21.4. The van der Waals surface area contributed by atoms with E-state index in [0.717, 1.165) is 7.11 Å². The minimum Gasteiger partial charge on any atom is -0.490 e. The van der Waals surface area contributed by atoms with Crippen LogP contribution in [0.15, 0.2) is 11.3 Å². The first kappa shape index (κ1) is 25.3. The van der Waals surface area contributed by atoms with Gasteiger partial charge in [-0.15, -0.1) is 0 Å². The topological polar surface area (TPSA) is 130 Å². The van der Waals surface area contributed by atoms with Gasteiger partial charge >= 0.3 is 5.97 Å². The van der Waals surface area contributed by atoms with Gasteiger partial charge in [0.05, 0.1) is 19.3 Å². The summed E-state index contributed by atoms with van der Waals surface area (Å²) in [5.41, 5.74) is -5.76. The Morgan fingerprint density at radius 3 is 2.24 bits per heavy atom. The fraction of sp³-hybridized carbons (Fsp3) is 0.808. The highest BCUT2D eigenvalue weighted by Gasteiger charge is 2.73. The van der Waals surface area contributed by atoms with Crippen molar-refractivity contribution < 1.29 is 39.2 Å². The zero-order valence-electron chi connectivity index (χ0n) is 21.4. The highest BCUT2D eigenvalue weighted by molar-refractivity contribution is 6.16. The number of aliphatic hydroxyl groups excluding tert-OH is 2. The van der Waals surface area contributed by atoms with Crippen molar-refractivity contribution in [1.82, 2.24) is 0 Å². The lowest BCUT2D eigenvalue weighted by Crippen LogP contribution is -2.72. The maximum absolute atomic E-state index is 13.2. The molecule has 3 N–H and O–H groups in total. The van der Waals surface area contributed by atoms with E-state index in [0.29, 0.717) is 12.2 Å². The van der Waals surface area contributed by atoms with Crippen molar-refractivity contribution in [3.8, 4) is 0 Å². The molecule has 3 fully saturated rings. The largest absolute Gasteiger partial charge is 0.490 e. The van der Waals surface area contributed by atoms with Gasteiger partial charge in [0.2, 0.25) is 11.4 Å². The molecule has 0 unspecified atom stereocenters. The Balaban J connectivity index is 1.91. The predicted octanol–water partition coefficient (Wildman–Crippen LogP) is 1.93. The molecule has 0 bridgehead atoms. The zero-order chi connectivity index (χ0) is 25.8. The Bertz CT molecular complexity index is 999. The second-order valence-corrected chi connectivity index (χ2v) is 12.3. The molecule has 1 heterocycles. The Morgan fingerprint density at radius 1 is 1.09 bits per heavy atom. The number of aliphatic hydroxyl groups is 3. The van der Waals surface area contributed by atoms with Gasteiger partial charge in [-0.3, -0.25) is 9.59 Å². The Labute approximate surface area is 200 Å². The van der Waals surface area contributed by atoms with Gasteiger partial charge in [0.25, 0.3) is 0 Å². The molecule has 0 radical (unpaired) electrons. The number of fused-ring (bicyclic) bond motifs is 4. The summed E-state index contributed by atoms with van der Waals surface area (Å²) in [6, 6.07) is 0. The first-order valence-corrected chi connectivity index (χ1v) is 12.1. The molecular weight excluding hydrogens is 440 g/mol. The van der Waals surface area contributed by atoms with Crippen molar-refractivity contribution in [3.63, 3.8) is 0 Å². The number of hydrogen-bond donors (Lipinski definition) is 3. The van der Waals surface area contributed by atoms with Crippen LogP contribution in [0.5, 0.6) is 0 Å². The molecule has 0 aromatic rings. The maximum atomic E-state index is 13.2. The van der Waals surface area contributed by atoms with Gasteiger partial charge in [0, 0.05) is 52.4 Å². The van der Waals surface area contributed by atoms with Gasteiger partial charge in [-0.2, -0.15) is 0 Å². The van der Waals surface area contributed by atoms with E-state index in [1.165, 1.54) is 0 Å². The lowest BCUT2D eigenvalue weighted by atomic mass is 9.40. The van der Waals surface area contributed by atoms with Crippen LogP contribution < -0.4 is 0 Å². The Hall–Kier alpha value is -1.77. The van der Waals surface area contributed by atoms with E-state index in [1.807, 2.05) is 34.6 Å². The molecule has 1 saturated heterocycles. The molecule has 0 amide bonds. The van der Waals surface area contributed by atoms with Crippen LogP contribution >= 0.6 is 0 Å². The number of Topliss-reactive ketones (excluding diaryl/α,β-unsaturated/α-hetero) is 2. The van der Waals surface area contributed by atoms with Gasteiger partial charge in [0.1, 0.15) is 17.1 Å². The van der Waals surface area contributed by atoms with E-state index in [1.54, 1.807) is 13.8 Å². The Kier molecular flexibility index (Phi) is 5.32. The Morgan fingerprint density at radius 2 is 1.68 bits per heavy atom. The molecular formula is C26H38O8. The number of ether oxygens (including phenoxy) is 2. The smallest absolute Gasteiger partial charge is 0.346 e. The molecule has 4 rings (SSSR count). The fourth-order valence-electron chi connectivity index (χ4n) is 8.26. The number of esters is 1. The minimum absolute atomic E-state index is 0.0160. The van der Waals surface area contributed by atoms with Crippen molar-refractivity contribution in [3.05, 3.63) is 11.3 Å². The van der Waals surface area contributed by atoms with Gasteiger partial charge in [-0.05, 0) is 20.3 Å². The van der Waals surface area contributed by atoms with E-state index < -0.39 is 63.2 Å². The summed E-state index contributed by atoms with van der Waals surface area (Å²) in [6.45, 7) is 12.5. The van der Waals surface area contributed by atoms with Crippen molar-refractivity contribution in [2.24, 2.45) is 34.0 Å². The molecule has 0 spiro atoms. The highest BCUT2D eigenvalue weighted by atomic mass is 16.5. The lowest BCUT2D eigenvalue weighted by molar-refractivity contribution is -0.276. The molecule has 3 aliphatic carbocycles. The van der Waals surface area contributed by atoms with Crippen molar-refractivity contribution >= 4 is 17.5 Å². The van der Waals surface area contributed by atoms with Crippen molar-refractivity contribution in [1.29, 1.82) is 0 Å². The van der Waals surface area contributed by atoms with Crippen LogP contribution in [-0.2, 0) is 23.9 Å². The predicted molar refractivity (Wildman–Crippen MR) is 121 cm³/mol. The minimum atomic E-state index is -2.36. The SMILES string of the molecule is COC(=O)[C@]1(O)C(=O)C(C)=C2O[C@@]3(C)C[C@H](O)[C@@H]4C(C)(C)C(=O)C[C@@H](O)[C@@]4(C)[C@@H]3C[C@]2(C)[C@H]1C. The molecule has 8 nitrogen and oxygen atoms in total. The molecule has 4 aliphatic rings. The van der Waals surface area contributed by atoms with Crippen LogP contribution in [0.3, 0.4) is 0 Å². The number of rotatable bonds is 1. The quantitative estimate of drug-likeness (QED) is 0.385. The summed E-state index contributed by atoms with van der Waals surface area (Å²) in [7, 11) is 1.14. The van der Waals surface area contributed by atoms with Crippen LogP contribution in [0.4, 0.5) is 0 Å². The molecule has 2 saturated carbocycles. The van der Waals surface area contributed by atoms with Crippen molar-refractivity contribution in [2.45, 2.75) is 91.1 Å². The summed E-state index contributed by atoms with van der Waals surface area (Å²) in [5, 5.41) is 34.0. The normalized spacial score (nSPS) is 50.0. The summed E-state index contributed by atoms with van der Waals surface area (Å²) in [4.78, 5) is 38.8. The van der Waals surface area contributed by atoms with Crippen LogP contribution in [0.25, 0.3) is 0 Å². The lowest BCUT2D eigenvalue weighted by Gasteiger charge is -2.68. The average Bonchev–Trinajstić information content (AvgIpc) is 2.75. The second kappa shape index (κ2) is 7.14. The van der Waals surface area contributed by atoms with E-state index in [-0.39, 0.29) is 30.1 Å². The van der Waals surface area contributed by atoms with E-state index in [4.69, 9.17) is 9.47 Å². The maximum Gasteiger partial charge on any atom is 0.346 e. The van der Waals surface area contributed by atoms with Crippen LogP contribution in [0.1, 0.15) is 67.7 Å². The van der Waals surface area contributed by atoms with Gasteiger partial charge in [-0.25, -0.2) is 4.79 Å². The molecule has 1 aliphatic heterocycles. The van der Waals surface area contributed by atoms with Gasteiger partial charge < -0.3 is 24.8 Å².